The van der Waals surface area contributed by atoms with E-state index < -0.39 is 6.10 Å². The summed E-state index contributed by atoms with van der Waals surface area (Å²) < 4.78 is 16.0. The zero-order valence-corrected chi connectivity index (χ0v) is 14.9. The number of ether oxygens (including phenoxy) is 3. The van der Waals surface area contributed by atoms with Crippen molar-refractivity contribution in [2.45, 2.75) is 51.7 Å². The van der Waals surface area contributed by atoms with Gasteiger partial charge in [0.15, 0.2) is 5.13 Å². The van der Waals surface area contributed by atoms with Crippen LogP contribution in [0.25, 0.3) is 0 Å². The van der Waals surface area contributed by atoms with Crippen LogP contribution in [-0.2, 0) is 30.2 Å². The lowest BCUT2D eigenvalue weighted by atomic mass is 10.1. The number of carbonyl (C=O) groups excluding carboxylic acids is 2. The summed E-state index contributed by atoms with van der Waals surface area (Å²) in [4.78, 5) is 27.7. The summed E-state index contributed by atoms with van der Waals surface area (Å²) in [7, 11) is 0. The number of hydrogen-bond donors (Lipinski definition) is 1. The van der Waals surface area contributed by atoms with Gasteiger partial charge in [-0.05, 0) is 33.1 Å². The Labute approximate surface area is 145 Å². The molecule has 1 aliphatic rings. The van der Waals surface area contributed by atoms with Crippen LogP contribution >= 0.6 is 11.3 Å². The Morgan fingerprint density at radius 3 is 3.04 bits per heavy atom. The average Bonchev–Trinajstić information content (AvgIpc) is 3.00. The first-order valence-corrected chi connectivity index (χ1v) is 9.10. The summed E-state index contributed by atoms with van der Waals surface area (Å²) in [6.45, 7) is 4.97. The minimum Gasteiger partial charge on any atom is -0.466 e. The third kappa shape index (κ3) is 6.18. The van der Waals surface area contributed by atoms with Crippen molar-refractivity contribution in [1.29, 1.82) is 0 Å². The molecule has 134 valence electrons. The Balaban J connectivity index is 1.74. The van der Waals surface area contributed by atoms with E-state index in [1.165, 1.54) is 11.3 Å². The number of nitrogens with zero attached hydrogens (tertiary/aromatic N) is 1. The van der Waals surface area contributed by atoms with Crippen molar-refractivity contribution >= 4 is 28.3 Å². The van der Waals surface area contributed by atoms with E-state index in [9.17, 15) is 9.59 Å². The predicted molar refractivity (Wildman–Crippen MR) is 90.1 cm³/mol. The molecule has 1 aromatic heterocycles. The zero-order chi connectivity index (χ0) is 17.4. The van der Waals surface area contributed by atoms with Gasteiger partial charge in [-0.2, -0.15) is 0 Å². The second-order valence-corrected chi connectivity index (χ2v) is 6.44. The SMILES string of the molecule is CCOC(=O)Cc1csc(NC(=O)C(C)OCC2CCCCO2)n1. The van der Waals surface area contributed by atoms with E-state index in [0.717, 1.165) is 25.9 Å². The van der Waals surface area contributed by atoms with Crippen LogP contribution in [0.4, 0.5) is 5.13 Å². The van der Waals surface area contributed by atoms with Gasteiger partial charge in [0.2, 0.25) is 0 Å². The van der Waals surface area contributed by atoms with E-state index in [1.807, 2.05) is 0 Å². The molecule has 1 saturated heterocycles. The minimum absolute atomic E-state index is 0.0741. The lowest BCUT2D eigenvalue weighted by Gasteiger charge is -2.23. The second-order valence-electron chi connectivity index (χ2n) is 5.58. The molecule has 0 aliphatic carbocycles. The molecule has 0 aromatic carbocycles. The molecule has 1 N–H and O–H groups in total. The van der Waals surface area contributed by atoms with Gasteiger partial charge in [0.1, 0.15) is 6.10 Å². The van der Waals surface area contributed by atoms with E-state index >= 15 is 0 Å². The van der Waals surface area contributed by atoms with Crippen molar-refractivity contribution in [2.24, 2.45) is 0 Å². The topological polar surface area (TPSA) is 86.8 Å². The molecule has 2 rings (SSSR count). The lowest BCUT2D eigenvalue weighted by molar-refractivity contribution is -0.142. The van der Waals surface area contributed by atoms with E-state index in [2.05, 4.69) is 10.3 Å². The summed E-state index contributed by atoms with van der Waals surface area (Å²) >= 11 is 1.27. The quantitative estimate of drug-likeness (QED) is 0.718. The summed E-state index contributed by atoms with van der Waals surface area (Å²) in [6.07, 6.45) is 2.78. The van der Waals surface area contributed by atoms with Crippen LogP contribution in [-0.4, -0.2) is 48.9 Å². The molecule has 0 spiro atoms. The van der Waals surface area contributed by atoms with Crippen LogP contribution in [0.5, 0.6) is 0 Å². The summed E-state index contributed by atoms with van der Waals surface area (Å²) in [5.74, 6) is -0.590. The molecule has 2 heterocycles. The van der Waals surface area contributed by atoms with E-state index in [0.29, 0.717) is 24.0 Å². The van der Waals surface area contributed by atoms with Gasteiger partial charge in [0, 0.05) is 12.0 Å². The highest BCUT2D eigenvalue weighted by atomic mass is 32.1. The molecule has 7 nitrogen and oxygen atoms in total. The van der Waals surface area contributed by atoms with Gasteiger partial charge >= 0.3 is 5.97 Å². The average molecular weight is 356 g/mol. The zero-order valence-electron chi connectivity index (χ0n) is 14.1. The highest BCUT2D eigenvalue weighted by molar-refractivity contribution is 7.13. The highest BCUT2D eigenvalue weighted by Crippen LogP contribution is 2.17. The van der Waals surface area contributed by atoms with Gasteiger partial charge in [-0.3, -0.25) is 14.9 Å². The van der Waals surface area contributed by atoms with Crippen LogP contribution in [0.2, 0.25) is 0 Å². The first kappa shape index (κ1) is 18.8. The third-order valence-electron chi connectivity index (χ3n) is 3.59. The largest absolute Gasteiger partial charge is 0.466 e. The number of amides is 1. The molecule has 1 amide bonds. The summed E-state index contributed by atoms with van der Waals surface area (Å²) in [6, 6.07) is 0. The van der Waals surface area contributed by atoms with Gasteiger partial charge < -0.3 is 14.2 Å². The van der Waals surface area contributed by atoms with Crippen LogP contribution in [0.3, 0.4) is 0 Å². The van der Waals surface area contributed by atoms with Gasteiger partial charge in [0.25, 0.3) is 5.91 Å². The van der Waals surface area contributed by atoms with Crippen molar-refractivity contribution in [3.63, 3.8) is 0 Å². The smallest absolute Gasteiger partial charge is 0.311 e. The lowest BCUT2D eigenvalue weighted by Crippen LogP contribution is -2.32. The molecule has 2 unspecified atom stereocenters. The molecule has 24 heavy (non-hydrogen) atoms. The highest BCUT2D eigenvalue weighted by Gasteiger charge is 2.20. The first-order chi connectivity index (χ1) is 11.6. The fourth-order valence-electron chi connectivity index (χ4n) is 2.28. The number of esters is 1. The Hall–Kier alpha value is -1.51. The molecule has 0 bridgehead atoms. The Morgan fingerprint density at radius 2 is 2.33 bits per heavy atom. The number of hydrogen-bond acceptors (Lipinski definition) is 7. The van der Waals surface area contributed by atoms with E-state index in [4.69, 9.17) is 14.2 Å². The van der Waals surface area contributed by atoms with E-state index in [-0.39, 0.29) is 24.4 Å². The fraction of sp³-hybridized carbons (Fsp3) is 0.688. The molecule has 8 heteroatoms. The Bertz CT molecular complexity index is 542. The van der Waals surface area contributed by atoms with Crippen molar-refractivity contribution in [3.05, 3.63) is 11.1 Å². The maximum atomic E-state index is 12.1. The third-order valence-corrected chi connectivity index (χ3v) is 4.39. The number of anilines is 1. The molecule has 1 fully saturated rings. The van der Waals surface area contributed by atoms with Crippen molar-refractivity contribution in [3.8, 4) is 0 Å². The summed E-state index contributed by atoms with van der Waals surface area (Å²) in [5.41, 5.74) is 0.581. The number of aromatic nitrogens is 1. The van der Waals surface area contributed by atoms with Gasteiger partial charge in [0.05, 0.1) is 31.4 Å². The van der Waals surface area contributed by atoms with Crippen molar-refractivity contribution in [2.75, 3.05) is 25.1 Å². The monoisotopic (exact) mass is 356 g/mol. The number of carbonyl (C=O) groups is 2. The Morgan fingerprint density at radius 1 is 1.50 bits per heavy atom. The van der Waals surface area contributed by atoms with Gasteiger partial charge in [-0.25, -0.2) is 4.98 Å². The van der Waals surface area contributed by atoms with Gasteiger partial charge in [-0.15, -0.1) is 11.3 Å². The molecule has 1 aromatic rings. The normalized spacial score (nSPS) is 18.8. The van der Waals surface area contributed by atoms with Crippen molar-refractivity contribution in [1.82, 2.24) is 4.98 Å². The van der Waals surface area contributed by atoms with Crippen molar-refractivity contribution < 1.29 is 23.8 Å². The second kappa shape index (κ2) is 9.71. The molecule has 0 radical (unpaired) electrons. The van der Waals surface area contributed by atoms with Crippen LogP contribution in [0, 0.1) is 0 Å². The molecular weight excluding hydrogens is 332 g/mol. The molecular formula is C16H24N2O5S. The maximum Gasteiger partial charge on any atom is 0.311 e. The molecule has 2 atom stereocenters. The standard InChI is InChI=1S/C16H24N2O5S/c1-3-21-14(19)8-12-10-24-16(17-12)18-15(20)11(2)23-9-13-6-4-5-7-22-13/h10-11,13H,3-9H2,1-2H3,(H,17,18,20). The van der Waals surface area contributed by atoms with Crippen LogP contribution in [0.1, 0.15) is 38.8 Å². The van der Waals surface area contributed by atoms with Crippen LogP contribution in [0.15, 0.2) is 5.38 Å². The van der Waals surface area contributed by atoms with Crippen LogP contribution < -0.4 is 5.32 Å². The van der Waals surface area contributed by atoms with E-state index in [1.54, 1.807) is 19.2 Å². The minimum atomic E-state index is -0.590. The van der Waals surface area contributed by atoms with Gasteiger partial charge in [-0.1, -0.05) is 0 Å². The maximum absolute atomic E-state index is 12.1. The number of thiazole rings is 1. The summed E-state index contributed by atoms with van der Waals surface area (Å²) in [5, 5.41) is 4.88. The number of rotatable bonds is 8. The Kier molecular flexibility index (Phi) is 7.61. The number of nitrogens with one attached hydrogen (secondary N) is 1. The molecule has 1 aliphatic heterocycles. The fourth-order valence-corrected chi connectivity index (χ4v) is 2.99. The molecule has 0 saturated carbocycles. The first-order valence-electron chi connectivity index (χ1n) is 8.22. The predicted octanol–water partition coefficient (Wildman–Crippen LogP) is 2.16.